The first-order valence-electron chi connectivity index (χ1n) is 7.25. The predicted molar refractivity (Wildman–Crippen MR) is 80.0 cm³/mol. The number of nitrogens with one attached hydrogen (secondary N) is 2. The number of rotatable bonds is 4. The standard InChI is InChI=1S/C14H23N5O2/c1-10-7-14(18(3)17-10)19-6-4-5-11(9-19)16-13(21)8-12(20)15-2/h7,11H,4-6,8-9H2,1-3H3,(H,15,20)(H,16,21). The van der Waals surface area contributed by atoms with Crippen LogP contribution in [-0.4, -0.2) is 47.8 Å². The van der Waals surface area contributed by atoms with Gasteiger partial charge in [-0.1, -0.05) is 0 Å². The van der Waals surface area contributed by atoms with Crippen LogP contribution in [0.4, 0.5) is 5.82 Å². The smallest absolute Gasteiger partial charge is 0.229 e. The Bertz CT molecular complexity index is 525. The Morgan fingerprint density at radius 1 is 1.43 bits per heavy atom. The molecule has 2 amide bonds. The second-order valence-electron chi connectivity index (χ2n) is 5.47. The third kappa shape index (κ3) is 3.96. The zero-order valence-electron chi connectivity index (χ0n) is 12.8. The van der Waals surface area contributed by atoms with Crippen molar-refractivity contribution in [1.82, 2.24) is 20.4 Å². The second-order valence-corrected chi connectivity index (χ2v) is 5.47. The molecule has 2 heterocycles. The van der Waals surface area contributed by atoms with Gasteiger partial charge in [0.25, 0.3) is 0 Å². The topological polar surface area (TPSA) is 79.3 Å². The van der Waals surface area contributed by atoms with Crippen LogP contribution >= 0.6 is 0 Å². The molecule has 7 nitrogen and oxygen atoms in total. The molecule has 0 aromatic carbocycles. The van der Waals surface area contributed by atoms with E-state index in [-0.39, 0.29) is 24.3 Å². The van der Waals surface area contributed by atoms with E-state index < -0.39 is 0 Å². The lowest BCUT2D eigenvalue weighted by Gasteiger charge is -2.34. The number of hydrogen-bond acceptors (Lipinski definition) is 4. The van der Waals surface area contributed by atoms with E-state index in [4.69, 9.17) is 0 Å². The Balaban J connectivity index is 1.93. The van der Waals surface area contributed by atoms with Gasteiger partial charge in [0.2, 0.25) is 11.8 Å². The minimum atomic E-state index is -0.262. The van der Waals surface area contributed by atoms with E-state index in [1.54, 1.807) is 0 Å². The van der Waals surface area contributed by atoms with Crippen LogP contribution in [0.5, 0.6) is 0 Å². The van der Waals surface area contributed by atoms with Crippen molar-refractivity contribution in [2.24, 2.45) is 7.05 Å². The van der Waals surface area contributed by atoms with Gasteiger partial charge in [0.1, 0.15) is 12.2 Å². The molecule has 0 saturated carbocycles. The first-order valence-corrected chi connectivity index (χ1v) is 7.25. The highest BCUT2D eigenvalue weighted by Crippen LogP contribution is 2.20. The van der Waals surface area contributed by atoms with Gasteiger partial charge in [-0.2, -0.15) is 5.10 Å². The van der Waals surface area contributed by atoms with Crippen LogP contribution in [0.3, 0.4) is 0 Å². The summed E-state index contributed by atoms with van der Waals surface area (Å²) in [5.41, 5.74) is 0.985. The van der Waals surface area contributed by atoms with E-state index in [9.17, 15) is 9.59 Å². The fourth-order valence-corrected chi connectivity index (χ4v) is 2.71. The first kappa shape index (κ1) is 15.3. The van der Waals surface area contributed by atoms with Crippen LogP contribution in [0.25, 0.3) is 0 Å². The van der Waals surface area contributed by atoms with E-state index in [0.717, 1.165) is 37.4 Å². The molecule has 7 heteroatoms. The van der Waals surface area contributed by atoms with Crippen LogP contribution in [0.2, 0.25) is 0 Å². The summed E-state index contributed by atoms with van der Waals surface area (Å²) in [6.45, 7) is 3.68. The molecule has 0 spiro atoms. The normalized spacial score (nSPS) is 18.4. The van der Waals surface area contributed by atoms with Gasteiger partial charge < -0.3 is 15.5 Å². The van der Waals surface area contributed by atoms with E-state index in [0.29, 0.717) is 0 Å². The van der Waals surface area contributed by atoms with Crippen molar-refractivity contribution in [1.29, 1.82) is 0 Å². The maximum atomic E-state index is 11.8. The molecule has 2 rings (SSSR count). The minimum absolute atomic E-state index is 0.0751. The van der Waals surface area contributed by atoms with Gasteiger partial charge in [-0.3, -0.25) is 14.3 Å². The molecular weight excluding hydrogens is 270 g/mol. The van der Waals surface area contributed by atoms with Crippen molar-refractivity contribution in [3.8, 4) is 0 Å². The Morgan fingerprint density at radius 2 is 2.19 bits per heavy atom. The molecule has 1 aliphatic rings. The monoisotopic (exact) mass is 293 g/mol. The van der Waals surface area contributed by atoms with Gasteiger partial charge in [-0.05, 0) is 19.8 Å². The molecular formula is C14H23N5O2. The number of anilines is 1. The maximum Gasteiger partial charge on any atom is 0.229 e. The van der Waals surface area contributed by atoms with Gasteiger partial charge in [-0.25, -0.2) is 0 Å². The first-order chi connectivity index (χ1) is 9.99. The zero-order valence-corrected chi connectivity index (χ0v) is 12.8. The fourth-order valence-electron chi connectivity index (χ4n) is 2.71. The molecule has 1 saturated heterocycles. The van der Waals surface area contributed by atoms with Gasteiger partial charge in [0.05, 0.1) is 5.69 Å². The number of nitrogens with zero attached hydrogens (tertiary/aromatic N) is 3. The van der Waals surface area contributed by atoms with Gasteiger partial charge in [0, 0.05) is 39.3 Å². The molecule has 21 heavy (non-hydrogen) atoms. The number of carbonyl (C=O) groups is 2. The maximum absolute atomic E-state index is 11.8. The number of hydrogen-bond donors (Lipinski definition) is 2. The molecule has 2 N–H and O–H groups in total. The lowest BCUT2D eigenvalue weighted by Crippen LogP contribution is -2.48. The highest BCUT2D eigenvalue weighted by atomic mass is 16.2. The Kier molecular flexibility index (Phi) is 4.82. The summed E-state index contributed by atoms with van der Waals surface area (Å²) < 4.78 is 1.87. The number of aromatic nitrogens is 2. The summed E-state index contributed by atoms with van der Waals surface area (Å²) in [6.07, 6.45) is 1.83. The van der Waals surface area contributed by atoms with Gasteiger partial charge >= 0.3 is 0 Å². The average molecular weight is 293 g/mol. The Labute approximate surface area is 124 Å². The van der Waals surface area contributed by atoms with Gasteiger partial charge in [-0.15, -0.1) is 0 Å². The van der Waals surface area contributed by atoms with Crippen LogP contribution in [-0.2, 0) is 16.6 Å². The molecule has 1 aliphatic heterocycles. The van der Waals surface area contributed by atoms with E-state index in [1.807, 2.05) is 18.7 Å². The predicted octanol–water partition coefficient (Wildman–Crippen LogP) is -0.0504. The lowest BCUT2D eigenvalue weighted by atomic mass is 10.1. The summed E-state index contributed by atoms with van der Waals surface area (Å²) in [7, 11) is 3.46. The molecule has 1 atom stereocenters. The van der Waals surface area contributed by atoms with Crippen molar-refractivity contribution < 1.29 is 9.59 Å². The number of amides is 2. The highest BCUT2D eigenvalue weighted by Gasteiger charge is 2.24. The molecule has 0 bridgehead atoms. The number of piperidine rings is 1. The minimum Gasteiger partial charge on any atom is -0.359 e. The lowest BCUT2D eigenvalue weighted by molar-refractivity contribution is -0.129. The summed E-state index contributed by atoms with van der Waals surface area (Å²) in [6, 6.07) is 2.13. The van der Waals surface area contributed by atoms with Crippen LogP contribution in [0.15, 0.2) is 6.07 Å². The third-order valence-corrected chi connectivity index (χ3v) is 3.69. The summed E-state index contributed by atoms with van der Waals surface area (Å²) >= 11 is 0. The van der Waals surface area contributed by atoms with Crippen LogP contribution < -0.4 is 15.5 Å². The van der Waals surface area contributed by atoms with Crippen LogP contribution in [0.1, 0.15) is 25.0 Å². The molecule has 0 radical (unpaired) electrons. The van der Waals surface area contributed by atoms with Crippen molar-refractivity contribution in [2.75, 3.05) is 25.0 Å². The summed E-state index contributed by atoms with van der Waals surface area (Å²) in [5, 5.41) is 9.75. The Morgan fingerprint density at radius 3 is 2.81 bits per heavy atom. The third-order valence-electron chi connectivity index (χ3n) is 3.69. The molecule has 116 valence electrons. The number of carbonyl (C=O) groups excluding carboxylic acids is 2. The molecule has 1 unspecified atom stereocenters. The van der Waals surface area contributed by atoms with Gasteiger partial charge in [0.15, 0.2) is 0 Å². The molecule has 0 aliphatic carbocycles. The Hall–Kier alpha value is -2.05. The molecule has 1 aromatic heterocycles. The van der Waals surface area contributed by atoms with Crippen molar-refractivity contribution in [3.05, 3.63) is 11.8 Å². The largest absolute Gasteiger partial charge is 0.359 e. The van der Waals surface area contributed by atoms with Crippen molar-refractivity contribution >= 4 is 17.6 Å². The average Bonchev–Trinajstić information content (AvgIpc) is 2.77. The second kappa shape index (κ2) is 6.60. The molecule has 1 fully saturated rings. The summed E-state index contributed by atoms with van der Waals surface area (Å²) in [4.78, 5) is 25.2. The van der Waals surface area contributed by atoms with E-state index in [2.05, 4.69) is 26.7 Å². The van der Waals surface area contributed by atoms with Crippen molar-refractivity contribution in [2.45, 2.75) is 32.2 Å². The van der Waals surface area contributed by atoms with E-state index >= 15 is 0 Å². The van der Waals surface area contributed by atoms with E-state index in [1.165, 1.54) is 7.05 Å². The van der Waals surface area contributed by atoms with Crippen LogP contribution in [0, 0.1) is 6.92 Å². The fraction of sp³-hybridized carbons (Fsp3) is 0.643. The van der Waals surface area contributed by atoms with Crippen molar-refractivity contribution in [3.63, 3.8) is 0 Å². The zero-order chi connectivity index (χ0) is 15.4. The number of aryl methyl sites for hydroxylation is 2. The highest BCUT2D eigenvalue weighted by molar-refractivity contribution is 5.96. The SMILES string of the molecule is CNC(=O)CC(=O)NC1CCCN(c2cc(C)nn2C)C1. The molecule has 1 aromatic rings. The summed E-state index contributed by atoms with van der Waals surface area (Å²) in [5.74, 6) is 0.586. The quantitative estimate of drug-likeness (QED) is 0.763.